The molecule has 2 amide bonds. The molecular formula is C17H23N3O3. The van der Waals surface area contributed by atoms with Crippen molar-refractivity contribution in [2.45, 2.75) is 44.6 Å². The molecule has 0 aliphatic carbocycles. The van der Waals surface area contributed by atoms with E-state index < -0.39 is 5.60 Å². The molecule has 1 N–H and O–H groups in total. The van der Waals surface area contributed by atoms with Crippen LogP contribution < -0.4 is 5.32 Å². The molecule has 1 saturated heterocycles. The molecule has 0 aromatic carbocycles. The zero-order chi connectivity index (χ0) is 16.7. The minimum Gasteiger partial charge on any atom is -0.444 e. The van der Waals surface area contributed by atoms with Crippen LogP contribution in [0.15, 0.2) is 18.3 Å². The van der Waals surface area contributed by atoms with Gasteiger partial charge in [0.2, 0.25) is 0 Å². The van der Waals surface area contributed by atoms with E-state index in [1.807, 2.05) is 26.8 Å². The third-order valence-corrected chi connectivity index (χ3v) is 4.51. The van der Waals surface area contributed by atoms with Gasteiger partial charge in [-0.2, -0.15) is 0 Å². The summed E-state index contributed by atoms with van der Waals surface area (Å²) in [4.78, 5) is 30.4. The maximum Gasteiger partial charge on any atom is 0.410 e. The lowest BCUT2D eigenvalue weighted by molar-refractivity contribution is 0.0156. The molecule has 0 bridgehead atoms. The fraction of sp³-hybridized carbons (Fsp3) is 0.588. The molecule has 1 aromatic heterocycles. The average molecular weight is 317 g/mol. The molecule has 0 saturated carbocycles. The number of likely N-dealkylation sites (tertiary alicyclic amines) is 1. The van der Waals surface area contributed by atoms with Gasteiger partial charge in [-0.1, -0.05) is 0 Å². The van der Waals surface area contributed by atoms with E-state index in [2.05, 4.69) is 10.3 Å². The van der Waals surface area contributed by atoms with E-state index in [0.29, 0.717) is 25.2 Å². The van der Waals surface area contributed by atoms with Gasteiger partial charge in [0.1, 0.15) is 5.60 Å². The molecule has 1 aromatic rings. The van der Waals surface area contributed by atoms with Crippen molar-refractivity contribution in [2.75, 3.05) is 19.6 Å². The maximum atomic E-state index is 12.2. The maximum absolute atomic E-state index is 12.2. The third kappa shape index (κ3) is 3.02. The summed E-state index contributed by atoms with van der Waals surface area (Å²) < 4.78 is 5.44. The first kappa shape index (κ1) is 15.8. The van der Waals surface area contributed by atoms with Crippen LogP contribution in [-0.4, -0.2) is 47.1 Å². The van der Waals surface area contributed by atoms with Crippen molar-refractivity contribution >= 4 is 12.0 Å². The molecule has 3 heterocycles. The fourth-order valence-corrected chi connectivity index (χ4v) is 3.30. The van der Waals surface area contributed by atoms with Crippen molar-refractivity contribution in [3.8, 4) is 0 Å². The van der Waals surface area contributed by atoms with Crippen molar-refractivity contribution < 1.29 is 14.3 Å². The number of hydrogen-bond acceptors (Lipinski definition) is 4. The number of aromatic nitrogens is 1. The van der Waals surface area contributed by atoms with Crippen LogP contribution in [0.2, 0.25) is 0 Å². The number of nitrogens with zero attached hydrogens (tertiary/aromatic N) is 2. The van der Waals surface area contributed by atoms with Crippen molar-refractivity contribution in [2.24, 2.45) is 0 Å². The van der Waals surface area contributed by atoms with Gasteiger partial charge in [0.25, 0.3) is 5.91 Å². The lowest BCUT2D eigenvalue weighted by Gasteiger charge is -2.44. The zero-order valence-electron chi connectivity index (χ0n) is 13.9. The first-order valence-electron chi connectivity index (χ1n) is 8.02. The van der Waals surface area contributed by atoms with Crippen LogP contribution in [0.25, 0.3) is 0 Å². The Morgan fingerprint density at radius 3 is 2.70 bits per heavy atom. The molecule has 3 rings (SSSR count). The number of rotatable bonds is 0. The first-order valence-corrected chi connectivity index (χ1v) is 8.02. The normalized spacial score (nSPS) is 20.0. The van der Waals surface area contributed by atoms with Gasteiger partial charge in [0.05, 0.1) is 11.3 Å². The molecule has 2 aliphatic heterocycles. The summed E-state index contributed by atoms with van der Waals surface area (Å²) in [5, 5.41) is 2.97. The van der Waals surface area contributed by atoms with E-state index in [-0.39, 0.29) is 17.4 Å². The topological polar surface area (TPSA) is 71.5 Å². The standard InChI is InChI=1S/C17H23N3O3/c1-16(2,3)23-15(22)20-9-6-17(7-10-20)11-19-14(21)12-5-4-8-18-13(12)17/h4-5,8H,6-7,9-11H2,1-3H3,(H,19,21). The van der Waals surface area contributed by atoms with Crippen LogP contribution in [0, 0.1) is 0 Å². The predicted molar refractivity (Wildman–Crippen MR) is 85.3 cm³/mol. The van der Waals surface area contributed by atoms with Gasteiger partial charge in [-0.25, -0.2) is 4.79 Å². The second kappa shape index (κ2) is 5.51. The average Bonchev–Trinajstić information content (AvgIpc) is 2.51. The Labute approximate surface area is 136 Å². The number of fused-ring (bicyclic) bond motifs is 2. The van der Waals surface area contributed by atoms with E-state index in [1.54, 1.807) is 17.2 Å². The molecular weight excluding hydrogens is 294 g/mol. The Morgan fingerprint density at radius 2 is 2.04 bits per heavy atom. The summed E-state index contributed by atoms with van der Waals surface area (Å²) in [5.74, 6) is -0.0618. The Hall–Kier alpha value is -2.11. The minimum absolute atomic E-state index is 0.0618. The zero-order valence-corrected chi connectivity index (χ0v) is 13.9. The fourth-order valence-electron chi connectivity index (χ4n) is 3.30. The summed E-state index contributed by atoms with van der Waals surface area (Å²) in [5.41, 5.74) is 0.861. The Balaban J connectivity index is 1.75. The number of amides is 2. The van der Waals surface area contributed by atoms with Crippen LogP contribution >= 0.6 is 0 Å². The van der Waals surface area contributed by atoms with Gasteiger partial charge in [0.15, 0.2) is 0 Å². The molecule has 124 valence electrons. The number of nitrogens with one attached hydrogen (secondary N) is 1. The van der Waals surface area contributed by atoms with Crippen LogP contribution in [0.4, 0.5) is 4.79 Å². The van der Waals surface area contributed by atoms with Crippen LogP contribution in [0.5, 0.6) is 0 Å². The first-order chi connectivity index (χ1) is 10.8. The molecule has 2 aliphatic rings. The van der Waals surface area contributed by atoms with E-state index in [1.165, 1.54) is 0 Å². The predicted octanol–water partition coefficient (Wildman–Crippen LogP) is 2.09. The summed E-state index contributed by atoms with van der Waals surface area (Å²) >= 11 is 0. The third-order valence-electron chi connectivity index (χ3n) is 4.51. The van der Waals surface area contributed by atoms with Crippen LogP contribution in [0.1, 0.15) is 49.7 Å². The quantitative estimate of drug-likeness (QED) is 0.795. The molecule has 23 heavy (non-hydrogen) atoms. The molecule has 0 atom stereocenters. The van der Waals surface area contributed by atoms with E-state index in [4.69, 9.17) is 4.74 Å². The molecule has 0 radical (unpaired) electrons. The number of piperidine rings is 1. The highest BCUT2D eigenvalue weighted by Crippen LogP contribution is 2.38. The van der Waals surface area contributed by atoms with Gasteiger partial charge in [0, 0.05) is 31.2 Å². The van der Waals surface area contributed by atoms with E-state index in [0.717, 1.165) is 18.5 Å². The second-order valence-corrected chi connectivity index (χ2v) is 7.33. The van der Waals surface area contributed by atoms with Gasteiger partial charge < -0.3 is 15.0 Å². The van der Waals surface area contributed by atoms with Gasteiger partial charge in [-0.3, -0.25) is 9.78 Å². The van der Waals surface area contributed by atoms with E-state index in [9.17, 15) is 9.59 Å². The number of carbonyl (C=O) groups excluding carboxylic acids is 2. The smallest absolute Gasteiger partial charge is 0.410 e. The second-order valence-electron chi connectivity index (χ2n) is 7.33. The molecule has 6 heteroatoms. The van der Waals surface area contributed by atoms with E-state index >= 15 is 0 Å². The largest absolute Gasteiger partial charge is 0.444 e. The molecule has 1 spiro atoms. The number of ether oxygens (including phenoxy) is 1. The lowest BCUT2D eigenvalue weighted by atomic mass is 9.72. The summed E-state index contributed by atoms with van der Waals surface area (Å²) in [7, 11) is 0. The van der Waals surface area contributed by atoms with Crippen molar-refractivity contribution in [1.82, 2.24) is 15.2 Å². The van der Waals surface area contributed by atoms with Crippen molar-refractivity contribution in [3.05, 3.63) is 29.6 Å². The highest BCUT2D eigenvalue weighted by atomic mass is 16.6. The Kier molecular flexibility index (Phi) is 3.78. The van der Waals surface area contributed by atoms with Crippen molar-refractivity contribution in [3.63, 3.8) is 0 Å². The van der Waals surface area contributed by atoms with Crippen molar-refractivity contribution in [1.29, 1.82) is 0 Å². The number of hydrogen-bond donors (Lipinski definition) is 1. The monoisotopic (exact) mass is 317 g/mol. The Bertz CT molecular complexity index is 628. The lowest BCUT2D eigenvalue weighted by Crippen LogP contribution is -2.54. The molecule has 6 nitrogen and oxygen atoms in total. The van der Waals surface area contributed by atoms with Gasteiger partial charge in [-0.15, -0.1) is 0 Å². The summed E-state index contributed by atoms with van der Waals surface area (Å²) in [6, 6.07) is 3.60. The summed E-state index contributed by atoms with van der Waals surface area (Å²) in [6.07, 6.45) is 3.01. The SMILES string of the molecule is CC(C)(C)OC(=O)N1CCC2(CC1)CNC(=O)c1cccnc12. The van der Waals surface area contributed by atoms with Gasteiger partial charge >= 0.3 is 6.09 Å². The number of pyridine rings is 1. The Morgan fingerprint density at radius 1 is 1.35 bits per heavy atom. The van der Waals surface area contributed by atoms with Gasteiger partial charge in [-0.05, 0) is 45.7 Å². The minimum atomic E-state index is -0.487. The molecule has 0 unspecified atom stereocenters. The highest BCUT2D eigenvalue weighted by Gasteiger charge is 2.44. The summed E-state index contributed by atoms with van der Waals surface area (Å²) in [6.45, 7) is 7.41. The van der Waals surface area contributed by atoms with Crippen LogP contribution in [0.3, 0.4) is 0 Å². The number of carbonyl (C=O) groups is 2. The molecule has 1 fully saturated rings. The van der Waals surface area contributed by atoms with Crippen LogP contribution in [-0.2, 0) is 10.2 Å². The highest BCUT2D eigenvalue weighted by molar-refractivity contribution is 5.96.